The molecule has 0 bridgehead atoms. The van der Waals surface area contributed by atoms with Crippen molar-refractivity contribution in [1.29, 1.82) is 0 Å². The number of carbonyl (C=O) groups excluding carboxylic acids is 1. The maximum atomic E-state index is 11.5. The van der Waals surface area contributed by atoms with E-state index in [4.69, 9.17) is 0 Å². The van der Waals surface area contributed by atoms with Crippen molar-refractivity contribution in [2.45, 2.75) is 20.3 Å². The Morgan fingerprint density at radius 2 is 2.12 bits per heavy atom. The summed E-state index contributed by atoms with van der Waals surface area (Å²) in [4.78, 5) is 12.6. The number of amides is 1. The molecule has 6 heteroatoms. The average Bonchev–Trinajstić information content (AvgIpc) is 2.48. The zero-order valence-electron chi connectivity index (χ0n) is 9.48. The van der Waals surface area contributed by atoms with E-state index >= 15 is 0 Å². The molecule has 1 N–H and O–H groups in total. The summed E-state index contributed by atoms with van der Waals surface area (Å²) in [5.41, 5.74) is 0.408. The molecule has 0 atom stereocenters. The lowest BCUT2D eigenvalue weighted by atomic mass is 10.1. The number of sulfonamides is 1. The maximum absolute atomic E-state index is 11.5. The Hall–Kier alpha value is -0.880. The SMILES string of the molecule is CC(C)Cc1cc(C(=O)NS(C)(=O)=O)cs1. The minimum atomic E-state index is -3.48. The first kappa shape index (κ1) is 13.2. The van der Waals surface area contributed by atoms with E-state index in [2.05, 4.69) is 13.8 Å². The van der Waals surface area contributed by atoms with Crippen LogP contribution < -0.4 is 4.72 Å². The van der Waals surface area contributed by atoms with E-state index in [1.807, 2.05) is 4.72 Å². The number of hydrogen-bond acceptors (Lipinski definition) is 4. The lowest BCUT2D eigenvalue weighted by Crippen LogP contribution is -2.28. The minimum absolute atomic E-state index is 0.408. The molecular formula is C10H15NO3S2. The standard InChI is InChI=1S/C10H15NO3S2/c1-7(2)4-9-5-8(6-15-9)10(12)11-16(3,13)14/h5-7H,4H2,1-3H3,(H,11,12). The van der Waals surface area contributed by atoms with E-state index in [0.29, 0.717) is 11.5 Å². The third-order valence-electron chi connectivity index (χ3n) is 1.80. The van der Waals surface area contributed by atoms with E-state index in [0.717, 1.165) is 17.6 Å². The fourth-order valence-electron chi connectivity index (χ4n) is 1.24. The van der Waals surface area contributed by atoms with Gasteiger partial charge in [0.2, 0.25) is 10.0 Å². The molecule has 1 aromatic rings. The summed E-state index contributed by atoms with van der Waals surface area (Å²) in [6.45, 7) is 4.19. The molecule has 1 amide bonds. The van der Waals surface area contributed by atoms with Gasteiger partial charge in [0.25, 0.3) is 5.91 Å². The van der Waals surface area contributed by atoms with Crippen molar-refractivity contribution in [3.63, 3.8) is 0 Å². The normalized spacial score (nSPS) is 11.8. The molecule has 0 radical (unpaired) electrons. The highest BCUT2D eigenvalue weighted by Crippen LogP contribution is 2.18. The van der Waals surface area contributed by atoms with Gasteiger partial charge in [-0.3, -0.25) is 4.79 Å². The molecule has 0 aromatic carbocycles. The van der Waals surface area contributed by atoms with Gasteiger partial charge in [0.15, 0.2) is 0 Å². The van der Waals surface area contributed by atoms with Gasteiger partial charge < -0.3 is 0 Å². The van der Waals surface area contributed by atoms with E-state index < -0.39 is 15.9 Å². The Kier molecular flexibility index (Phi) is 4.09. The van der Waals surface area contributed by atoms with Gasteiger partial charge in [-0.1, -0.05) is 13.8 Å². The highest BCUT2D eigenvalue weighted by Gasteiger charge is 2.13. The highest BCUT2D eigenvalue weighted by molar-refractivity contribution is 7.89. The Morgan fingerprint density at radius 3 is 2.62 bits per heavy atom. The molecule has 1 rings (SSSR count). The monoisotopic (exact) mass is 261 g/mol. The van der Waals surface area contributed by atoms with E-state index in [-0.39, 0.29) is 0 Å². The number of carbonyl (C=O) groups is 1. The van der Waals surface area contributed by atoms with Crippen LogP contribution in [0.2, 0.25) is 0 Å². The first-order valence-corrected chi connectivity index (χ1v) is 7.64. The fourth-order valence-corrected chi connectivity index (χ4v) is 2.77. The van der Waals surface area contributed by atoms with E-state index in [9.17, 15) is 13.2 Å². The van der Waals surface area contributed by atoms with Crippen molar-refractivity contribution < 1.29 is 13.2 Å². The van der Waals surface area contributed by atoms with Crippen LogP contribution in [0.5, 0.6) is 0 Å². The van der Waals surface area contributed by atoms with Crippen LogP contribution in [0.15, 0.2) is 11.4 Å². The Labute approximate surface area is 99.7 Å². The Balaban J connectivity index is 2.74. The van der Waals surface area contributed by atoms with Crippen molar-refractivity contribution in [3.05, 3.63) is 21.9 Å². The predicted octanol–water partition coefficient (Wildman–Crippen LogP) is 1.64. The Bertz CT molecular complexity index is 474. The zero-order chi connectivity index (χ0) is 12.3. The molecular weight excluding hydrogens is 246 g/mol. The molecule has 0 aliphatic rings. The lowest BCUT2D eigenvalue weighted by molar-refractivity contribution is 0.0982. The van der Waals surface area contributed by atoms with Gasteiger partial charge in [-0.05, 0) is 18.4 Å². The van der Waals surface area contributed by atoms with Crippen molar-refractivity contribution in [2.75, 3.05) is 6.26 Å². The third kappa shape index (κ3) is 4.32. The quantitative estimate of drug-likeness (QED) is 0.896. The summed E-state index contributed by atoms with van der Waals surface area (Å²) in [6, 6.07) is 1.74. The van der Waals surface area contributed by atoms with Gasteiger partial charge in [0.05, 0.1) is 11.8 Å². The minimum Gasteiger partial charge on any atom is -0.268 e. The van der Waals surface area contributed by atoms with Gasteiger partial charge >= 0.3 is 0 Å². The molecule has 0 saturated carbocycles. The van der Waals surface area contributed by atoms with Crippen LogP contribution in [-0.2, 0) is 16.4 Å². The fraction of sp³-hybridized carbons (Fsp3) is 0.500. The molecule has 0 aliphatic heterocycles. The van der Waals surface area contributed by atoms with Crippen molar-refractivity contribution in [3.8, 4) is 0 Å². The van der Waals surface area contributed by atoms with Crippen molar-refractivity contribution >= 4 is 27.3 Å². The maximum Gasteiger partial charge on any atom is 0.265 e. The molecule has 0 aliphatic carbocycles. The Morgan fingerprint density at radius 1 is 1.50 bits per heavy atom. The zero-order valence-corrected chi connectivity index (χ0v) is 11.1. The average molecular weight is 261 g/mol. The van der Waals surface area contributed by atoms with Gasteiger partial charge in [-0.25, -0.2) is 13.1 Å². The second-order valence-electron chi connectivity index (χ2n) is 4.10. The van der Waals surface area contributed by atoms with E-state index in [1.54, 1.807) is 11.4 Å². The smallest absolute Gasteiger partial charge is 0.265 e. The van der Waals surface area contributed by atoms with Crippen LogP contribution in [0, 0.1) is 5.92 Å². The molecule has 0 saturated heterocycles. The molecule has 0 spiro atoms. The molecule has 4 nitrogen and oxygen atoms in total. The summed E-state index contributed by atoms with van der Waals surface area (Å²) < 4.78 is 23.7. The van der Waals surface area contributed by atoms with Crippen LogP contribution in [-0.4, -0.2) is 20.6 Å². The summed E-state index contributed by atoms with van der Waals surface area (Å²) >= 11 is 1.48. The number of rotatable bonds is 4. The topological polar surface area (TPSA) is 63.2 Å². The van der Waals surface area contributed by atoms with Crippen LogP contribution in [0.3, 0.4) is 0 Å². The number of nitrogens with one attached hydrogen (secondary N) is 1. The molecule has 1 aromatic heterocycles. The second-order valence-corrected chi connectivity index (χ2v) is 6.85. The summed E-state index contributed by atoms with van der Waals surface area (Å²) in [7, 11) is -3.48. The van der Waals surface area contributed by atoms with E-state index in [1.165, 1.54) is 11.3 Å². The lowest BCUT2D eigenvalue weighted by Gasteiger charge is -2.00. The van der Waals surface area contributed by atoms with Crippen LogP contribution in [0.4, 0.5) is 0 Å². The van der Waals surface area contributed by atoms with Gasteiger partial charge in [0, 0.05) is 10.3 Å². The van der Waals surface area contributed by atoms with Crippen LogP contribution in [0.1, 0.15) is 29.1 Å². The van der Waals surface area contributed by atoms with Gasteiger partial charge in [-0.2, -0.15) is 0 Å². The number of hydrogen-bond donors (Lipinski definition) is 1. The van der Waals surface area contributed by atoms with Crippen LogP contribution >= 0.6 is 11.3 Å². The summed E-state index contributed by atoms with van der Waals surface area (Å²) in [5.74, 6) is -0.0433. The second kappa shape index (κ2) is 4.97. The first-order valence-electron chi connectivity index (χ1n) is 4.87. The molecule has 1 heterocycles. The van der Waals surface area contributed by atoms with Crippen molar-refractivity contribution in [2.24, 2.45) is 5.92 Å². The molecule has 16 heavy (non-hydrogen) atoms. The molecule has 0 unspecified atom stereocenters. The van der Waals surface area contributed by atoms with Crippen LogP contribution in [0.25, 0.3) is 0 Å². The third-order valence-corrected chi connectivity index (χ3v) is 3.32. The highest BCUT2D eigenvalue weighted by atomic mass is 32.2. The van der Waals surface area contributed by atoms with Gasteiger partial charge in [-0.15, -0.1) is 11.3 Å². The molecule has 90 valence electrons. The first-order chi connectivity index (χ1) is 7.28. The summed E-state index contributed by atoms with van der Waals surface area (Å²) in [6.07, 6.45) is 1.86. The number of thiophene rings is 1. The van der Waals surface area contributed by atoms with Crippen molar-refractivity contribution in [1.82, 2.24) is 4.72 Å². The molecule has 0 fully saturated rings. The predicted molar refractivity (Wildman–Crippen MR) is 65.2 cm³/mol. The van der Waals surface area contributed by atoms with Gasteiger partial charge in [0.1, 0.15) is 0 Å². The summed E-state index contributed by atoms with van der Waals surface area (Å²) in [5, 5.41) is 1.68. The largest absolute Gasteiger partial charge is 0.268 e.